The average molecular weight is 395 g/mol. The van der Waals surface area contributed by atoms with Crippen molar-refractivity contribution >= 4 is 23.4 Å². The lowest BCUT2D eigenvalue weighted by Gasteiger charge is -2.29. The first-order chi connectivity index (χ1) is 13.8. The van der Waals surface area contributed by atoms with Gasteiger partial charge in [-0.15, -0.1) is 0 Å². The molecule has 0 spiro atoms. The topological polar surface area (TPSA) is 79.0 Å². The number of ether oxygens (including phenoxy) is 1. The molecule has 152 valence electrons. The number of carbonyl (C=O) groups is 3. The highest BCUT2D eigenvalue weighted by atomic mass is 16.5. The highest BCUT2D eigenvalue weighted by Gasteiger charge is 2.28. The average Bonchev–Trinajstić information content (AvgIpc) is 2.69. The number of nitrogens with one attached hydrogen (secondary N) is 1. The largest absolute Gasteiger partial charge is 0.482 e. The van der Waals surface area contributed by atoms with E-state index < -0.39 is 0 Å². The summed E-state index contributed by atoms with van der Waals surface area (Å²) in [6, 6.07) is 14.6. The molecule has 0 fully saturated rings. The number of benzene rings is 2. The Kier molecular flexibility index (Phi) is 6.16. The summed E-state index contributed by atoms with van der Waals surface area (Å²) in [5.41, 5.74) is 1.88. The molecule has 0 atom stereocenters. The van der Waals surface area contributed by atoms with E-state index in [-0.39, 0.29) is 36.9 Å². The van der Waals surface area contributed by atoms with Crippen molar-refractivity contribution in [2.24, 2.45) is 0 Å². The number of carbonyl (C=O) groups excluding carboxylic acids is 3. The van der Waals surface area contributed by atoms with Gasteiger partial charge in [0, 0.05) is 25.2 Å². The van der Waals surface area contributed by atoms with Crippen molar-refractivity contribution in [3.8, 4) is 5.75 Å². The summed E-state index contributed by atoms with van der Waals surface area (Å²) in [5.74, 6) is -0.289. The summed E-state index contributed by atoms with van der Waals surface area (Å²) < 4.78 is 5.47. The lowest BCUT2D eigenvalue weighted by molar-refractivity contribution is -0.125. The van der Waals surface area contributed by atoms with Crippen molar-refractivity contribution < 1.29 is 19.1 Å². The second kappa shape index (κ2) is 8.77. The molecule has 1 aliphatic heterocycles. The smallest absolute Gasteiger partial charge is 0.265 e. The van der Waals surface area contributed by atoms with Crippen LogP contribution in [0.2, 0.25) is 0 Å². The maximum absolute atomic E-state index is 12.9. The molecular weight excluding hydrogens is 370 g/mol. The summed E-state index contributed by atoms with van der Waals surface area (Å²) in [5, 5.41) is 2.78. The monoisotopic (exact) mass is 395 g/mol. The number of hydrogen-bond donors (Lipinski definition) is 1. The van der Waals surface area contributed by atoms with Gasteiger partial charge in [0.2, 0.25) is 5.91 Å². The highest BCUT2D eigenvalue weighted by molar-refractivity contribution is 6.04. The molecule has 0 saturated heterocycles. The molecule has 0 radical (unpaired) electrons. The Morgan fingerprint density at radius 2 is 1.90 bits per heavy atom. The normalized spacial score (nSPS) is 13.0. The molecule has 0 aliphatic carbocycles. The van der Waals surface area contributed by atoms with Crippen LogP contribution in [-0.4, -0.2) is 48.9 Å². The molecule has 3 amide bonds. The van der Waals surface area contributed by atoms with Crippen LogP contribution < -0.4 is 15.0 Å². The van der Waals surface area contributed by atoms with Gasteiger partial charge in [0.05, 0.1) is 5.69 Å². The van der Waals surface area contributed by atoms with E-state index in [1.165, 1.54) is 4.90 Å². The van der Waals surface area contributed by atoms with Gasteiger partial charge in [0.25, 0.3) is 11.8 Å². The second-order valence-electron chi connectivity index (χ2n) is 7.32. The summed E-state index contributed by atoms with van der Waals surface area (Å²) in [7, 11) is 1.73. The zero-order valence-electron chi connectivity index (χ0n) is 16.8. The minimum atomic E-state index is -0.321. The summed E-state index contributed by atoms with van der Waals surface area (Å²) >= 11 is 0. The minimum absolute atomic E-state index is 0.0299. The van der Waals surface area contributed by atoms with Crippen molar-refractivity contribution in [2.45, 2.75) is 26.4 Å². The predicted octanol–water partition coefficient (Wildman–Crippen LogP) is 2.21. The van der Waals surface area contributed by atoms with Crippen LogP contribution in [0.15, 0.2) is 48.5 Å². The molecule has 1 aliphatic rings. The van der Waals surface area contributed by atoms with Gasteiger partial charge in [0.15, 0.2) is 6.61 Å². The number of fused-ring (bicyclic) bond motifs is 1. The molecule has 29 heavy (non-hydrogen) atoms. The minimum Gasteiger partial charge on any atom is -0.482 e. The van der Waals surface area contributed by atoms with E-state index >= 15 is 0 Å². The van der Waals surface area contributed by atoms with Crippen LogP contribution >= 0.6 is 0 Å². The van der Waals surface area contributed by atoms with Gasteiger partial charge in [-0.1, -0.05) is 30.3 Å². The van der Waals surface area contributed by atoms with Crippen LogP contribution in [0.4, 0.5) is 5.69 Å². The first kappa shape index (κ1) is 20.4. The SMILES string of the molecule is CC(C)NC(=O)CN1C(=O)COc2ccc(C(=O)N(C)Cc3ccccc3)cc21. The quantitative estimate of drug-likeness (QED) is 0.813. The lowest BCUT2D eigenvalue weighted by Crippen LogP contribution is -2.46. The fraction of sp³-hybridized carbons (Fsp3) is 0.318. The third kappa shape index (κ3) is 4.93. The van der Waals surface area contributed by atoms with E-state index in [4.69, 9.17) is 4.74 Å². The van der Waals surface area contributed by atoms with Crippen LogP contribution in [0, 0.1) is 0 Å². The summed E-state index contributed by atoms with van der Waals surface area (Å²) in [6.45, 7) is 3.92. The molecule has 1 N–H and O–H groups in total. The number of hydrogen-bond acceptors (Lipinski definition) is 4. The third-order valence-corrected chi connectivity index (χ3v) is 4.51. The first-order valence-electron chi connectivity index (χ1n) is 9.51. The van der Waals surface area contributed by atoms with Gasteiger partial charge in [-0.25, -0.2) is 0 Å². The molecular formula is C22H25N3O4. The molecule has 0 saturated carbocycles. The van der Waals surface area contributed by atoms with E-state index in [9.17, 15) is 14.4 Å². The Labute approximate surface area is 170 Å². The maximum Gasteiger partial charge on any atom is 0.265 e. The summed E-state index contributed by atoms with van der Waals surface area (Å²) in [6.07, 6.45) is 0. The number of anilines is 1. The Morgan fingerprint density at radius 3 is 2.59 bits per heavy atom. The number of amides is 3. The maximum atomic E-state index is 12.9. The first-order valence-corrected chi connectivity index (χ1v) is 9.51. The van der Waals surface area contributed by atoms with Crippen LogP contribution in [0.25, 0.3) is 0 Å². The fourth-order valence-electron chi connectivity index (χ4n) is 3.17. The molecule has 7 nitrogen and oxygen atoms in total. The van der Waals surface area contributed by atoms with Gasteiger partial charge in [-0.3, -0.25) is 19.3 Å². The predicted molar refractivity (Wildman–Crippen MR) is 110 cm³/mol. The lowest BCUT2D eigenvalue weighted by atomic mass is 10.1. The van der Waals surface area contributed by atoms with Crippen LogP contribution in [0.1, 0.15) is 29.8 Å². The van der Waals surface area contributed by atoms with Crippen molar-refractivity contribution in [1.29, 1.82) is 0 Å². The fourth-order valence-corrected chi connectivity index (χ4v) is 3.17. The van der Waals surface area contributed by atoms with E-state index in [2.05, 4.69) is 5.32 Å². The molecule has 0 aromatic heterocycles. The van der Waals surface area contributed by atoms with E-state index in [0.717, 1.165) is 5.56 Å². The van der Waals surface area contributed by atoms with E-state index in [0.29, 0.717) is 23.5 Å². The van der Waals surface area contributed by atoms with Crippen LogP contribution in [-0.2, 0) is 16.1 Å². The summed E-state index contributed by atoms with van der Waals surface area (Å²) in [4.78, 5) is 40.4. The standard InChI is InChI=1S/C22H25N3O4/c1-15(2)23-20(26)13-25-18-11-17(9-10-19(18)29-14-21(25)27)22(28)24(3)12-16-7-5-4-6-8-16/h4-11,15H,12-14H2,1-3H3,(H,23,26). The van der Waals surface area contributed by atoms with Gasteiger partial charge >= 0.3 is 0 Å². The van der Waals surface area contributed by atoms with Gasteiger partial charge < -0.3 is 15.0 Å². The molecule has 0 unspecified atom stereocenters. The second-order valence-corrected chi connectivity index (χ2v) is 7.32. The zero-order valence-corrected chi connectivity index (χ0v) is 16.8. The molecule has 3 rings (SSSR count). The highest BCUT2D eigenvalue weighted by Crippen LogP contribution is 2.33. The van der Waals surface area contributed by atoms with Crippen LogP contribution in [0.3, 0.4) is 0 Å². The van der Waals surface area contributed by atoms with Crippen molar-refractivity contribution in [2.75, 3.05) is 25.1 Å². The van der Waals surface area contributed by atoms with Crippen LogP contribution in [0.5, 0.6) is 5.75 Å². The molecule has 2 aromatic carbocycles. The number of nitrogens with zero attached hydrogens (tertiary/aromatic N) is 2. The molecule has 7 heteroatoms. The van der Waals surface area contributed by atoms with E-state index in [1.807, 2.05) is 44.2 Å². The third-order valence-electron chi connectivity index (χ3n) is 4.51. The molecule has 2 aromatic rings. The Bertz CT molecular complexity index is 912. The molecule has 1 heterocycles. The van der Waals surface area contributed by atoms with E-state index in [1.54, 1.807) is 30.1 Å². The Morgan fingerprint density at radius 1 is 1.17 bits per heavy atom. The van der Waals surface area contributed by atoms with Gasteiger partial charge in [-0.2, -0.15) is 0 Å². The molecule has 0 bridgehead atoms. The Hall–Kier alpha value is -3.35. The van der Waals surface area contributed by atoms with Gasteiger partial charge in [0.1, 0.15) is 12.3 Å². The van der Waals surface area contributed by atoms with Crippen molar-refractivity contribution in [3.05, 3.63) is 59.7 Å². The Balaban J connectivity index is 1.81. The van der Waals surface area contributed by atoms with Gasteiger partial charge in [-0.05, 0) is 37.6 Å². The van der Waals surface area contributed by atoms with Crippen molar-refractivity contribution in [1.82, 2.24) is 10.2 Å². The zero-order chi connectivity index (χ0) is 21.0. The number of rotatable bonds is 6. The van der Waals surface area contributed by atoms with Crippen molar-refractivity contribution in [3.63, 3.8) is 0 Å².